The van der Waals surface area contributed by atoms with Crippen LogP contribution >= 0.6 is 31.9 Å². The summed E-state index contributed by atoms with van der Waals surface area (Å²) < 4.78 is 5.25. The Morgan fingerprint density at radius 2 is 1.23 bits per heavy atom. The van der Waals surface area contributed by atoms with Crippen LogP contribution in [0.3, 0.4) is 0 Å². The van der Waals surface area contributed by atoms with E-state index in [2.05, 4.69) is 31.9 Å². The van der Waals surface area contributed by atoms with E-state index in [9.17, 15) is 9.59 Å². The lowest BCUT2D eigenvalue weighted by Crippen LogP contribution is -2.23. The summed E-state index contributed by atoms with van der Waals surface area (Å²) in [5.74, 6) is -1.16. The van der Waals surface area contributed by atoms with Gasteiger partial charge in [0.15, 0.2) is 0 Å². The topological polar surface area (TPSA) is 63.6 Å². The fourth-order valence-corrected chi connectivity index (χ4v) is 2.55. The van der Waals surface area contributed by atoms with Gasteiger partial charge in [0, 0.05) is 10.7 Å². The van der Waals surface area contributed by atoms with Crippen LogP contribution in [0.2, 0.25) is 0 Å². The molecule has 0 heterocycles. The highest BCUT2D eigenvalue weighted by Crippen LogP contribution is 2.13. The molecule has 0 atom stereocenters. The van der Waals surface area contributed by atoms with Gasteiger partial charge in [0.1, 0.15) is 5.60 Å². The van der Waals surface area contributed by atoms with Crippen LogP contribution in [0.1, 0.15) is 52.6 Å². The Hall–Kier alpha value is -1.66. The van der Waals surface area contributed by atoms with Gasteiger partial charge in [-0.1, -0.05) is 56.1 Å². The van der Waals surface area contributed by atoms with Gasteiger partial charge in [-0.15, -0.1) is 0 Å². The van der Waals surface area contributed by atoms with Crippen LogP contribution in [0.25, 0.3) is 0 Å². The van der Waals surface area contributed by atoms with Crippen LogP contribution < -0.4 is 0 Å². The van der Waals surface area contributed by atoms with Gasteiger partial charge in [-0.3, -0.25) is 0 Å². The lowest BCUT2D eigenvalue weighted by Gasteiger charge is -2.19. The number of aromatic carboxylic acids is 1. The minimum atomic E-state index is -0.883. The van der Waals surface area contributed by atoms with Crippen LogP contribution in [-0.4, -0.2) is 22.6 Å². The summed E-state index contributed by atoms with van der Waals surface area (Å²) in [6, 6.07) is 14.2. The Balaban J connectivity index is 0.000000273. The predicted octanol–water partition coefficient (Wildman–Crippen LogP) is 5.82. The highest BCUT2D eigenvalue weighted by atomic mass is 79.9. The van der Waals surface area contributed by atoms with Crippen LogP contribution in [0, 0.1) is 0 Å². The lowest BCUT2D eigenvalue weighted by molar-refractivity contribution is 0.00693. The molecule has 0 aliphatic carbocycles. The van der Waals surface area contributed by atoms with Gasteiger partial charge in [0.25, 0.3) is 0 Å². The second-order valence-electron chi connectivity index (χ2n) is 6.47. The molecule has 140 valence electrons. The summed E-state index contributed by atoms with van der Waals surface area (Å²) in [6.45, 7) is 5.58. The number of alkyl halides is 2. The van der Waals surface area contributed by atoms with Crippen molar-refractivity contribution in [1.82, 2.24) is 0 Å². The van der Waals surface area contributed by atoms with Gasteiger partial charge in [-0.05, 0) is 56.2 Å². The normalized spacial score (nSPS) is 10.5. The van der Waals surface area contributed by atoms with Gasteiger partial charge >= 0.3 is 11.9 Å². The molecule has 0 saturated carbocycles. The molecule has 0 aliphatic rings. The van der Waals surface area contributed by atoms with Gasteiger partial charge in [-0.25, -0.2) is 9.59 Å². The van der Waals surface area contributed by atoms with Crippen LogP contribution in [0.5, 0.6) is 0 Å². The zero-order valence-electron chi connectivity index (χ0n) is 15.0. The first-order chi connectivity index (χ1) is 12.2. The largest absolute Gasteiger partial charge is 0.478 e. The number of carbonyl (C=O) groups is 2. The van der Waals surface area contributed by atoms with E-state index in [1.54, 1.807) is 36.4 Å². The van der Waals surface area contributed by atoms with E-state index >= 15 is 0 Å². The molecule has 0 fully saturated rings. The highest BCUT2D eigenvalue weighted by molar-refractivity contribution is 9.08. The predicted molar refractivity (Wildman–Crippen MR) is 110 cm³/mol. The van der Waals surface area contributed by atoms with Crippen molar-refractivity contribution in [3.8, 4) is 0 Å². The minimum absolute atomic E-state index is 0.274. The molecule has 2 aromatic rings. The molecule has 0 bridgehead atoms. The maximum Gasteiger partial charge on any atom is 0.338 e. The number of ether oxygens (including phenoxy) is 1. The number of halogens is 2. The number of esters is 1. The molecule has 1 N–H and O–H groups in total. The maximum absolute atomic E-state index is 11.6. The third-order valence-corrected chi connectivity index (χ3v) is 4.39. The van der Waals surface area contributed by atoms with Crippen molar-refractivity contribution < 1.29 is 19.4 Å². The molecular formula is C20H22Br2O4. The van der Waals surface area contributed by atoms with E-state index in [0.29, 0.717) is 11.1 Å². The van der Waals surface area contributed by atoms with Crippen molar-refractivity contribution in [2.75, 3.05) is 0 Å². The number of hydrogen-bond acceptors (Lipinski definition) is 3. The number of carbonyl (C=O) groups excluding carboxylic acids is 1. The molecule has 0 aromatic heterocycles. The first kappa shape index (κ1) is 22.4. The molecule has 6 heteroatoms. The molecule has 0 spiro atoms. The molecule has 26 heavy (non-hydrogen) atoms. The second-order valence-corrected chi connectivity index (χ2v) is 7.59. The Kier molecular flexibility index (Phi) is 9.02. The van der Waals surface area contributed by atoms with E-state index in [0.717, 1.165) is 21.8 Å². The van der Waals surface area contributed by atoms with Crippen molar-refractivity contribution in [1.29, 1.82) is 0 Å². The van der Waals surface area contributed by atoms with Crippen molar-refractivity contribution in [2.24, 2.45) is 0 Å². The number of rotatable bonds is 4. The first-order valence-corrected chi connectivity index (χ1v) is 10.2. The van der Waals surface area contributed by atoms with E-state index in [-0.39, 0.29) is 5.97 Å². The zero-order chi connectivity index (χ0) is 19.7. The number of benzene rings is 2. The van der Waals surface area contributed by atoms with Crippen molar-refractivity contribution in [2.45, 2.75) is 37.0 Å². The SMILES string of the molecule is CC(C)(C)OC(=O)c1ccc(CBr)cc1.O=C(O)c1ccc(CBr)cc1. The summed E-state index contributed by atoms with van der Waals surface area (Å²) in [7, 11) is 0. The maximum atomic E-state index is 11.6. The highest BCUT2D eigenvalue weighted by Gasteiger charge is 2.17. The van der Waals surface area contributed by atoms with Crippen molar-refractivity contribution >= 4 is 43.8 Å². The average Bonchev–Trinajstić information content (AvgIpc) is 2.61. The summed E-state index contributed by atoms with van der Waals surface area (Å²) in [5.41, 5.74) is 2.70. The van der Waals surface area contributed by atoms with E-state index < -0.39 is 11.6 Å². The average molecular weight is 486 g/mol. The molecule has 2 rings (SSSR count). The van der Waals surface area contributed by atoms with Gasteiger partial charge < -0.3 is 9.84 Å². The van der Waals surface area contributed by atoms with Crippen molar-refractivity contribution in [3.63, 3.8) is 0 Å². The molecule has 0 amide bonds. The van der Waals surface area contributed by atoms with E-state index in [1.165, 1.54) is 0 Å². The molecule has 0 unspecified atom stereocenters. The van der Waals surface area contributed by atoms with Crippen LogP contribution in [-0.2, 0) is 15.4 Å². The number of hydrogen-bond donors (Lipinski definition) is 1. The van der Waals surface area contributed by atoms with E-state index in [1.807, 2.05) is 32.9 Å². The van der Waals surface area contributed by atoms with Crippen LogP contribution in [0.4, 0.5) is 0 Å². The monoisotopic (exact) mass is 484 g/mol. The van der Waals surface area contributed by atoms with E-state index in [4.69, 9.17) is 9.84 Å². The summed E-state index contributed by atoms with van der Waals surface area (Å²) in [4.78, 5) is 22.0. The number of carboxylic acid groups (broad SMARTS) is 1. The summed E-state index contributed by atoms with van der Waals surface area (Å²) in [5, 5.41) is 10.1. The second kappa shape index (κ2) is 10.5. The Bertz CT molecular complexity index is 717. The van der Waals surface area contributed by atoms with Gasteiger partial charge in [0.2, 0.25) is 0 Å². The third-order valence-electron chi connectivity index (χ3n) is 3.10. The van der Waals surface area contributed by atoms with Crippen molar-refractivity contribution in [3.05, 3.63) is 70.8 Å². The minimum Gasteiger partial charge on any atom is -0.478 e. The van der Waals surface area contributed by atoms with Crippen LogP contribution in [0.15, 0.2) is 48.5 Å². The van der Waals surface area contributed by atoms with Gasteiger partial charge in [-0.2, -0.15) is 0 Å². The van der Waals surface area contributed by atoms with Gasteiger partial charge in [0.05, 0.1) is 11.1 Å². The first-order valence-electron chi connectivity index (χ1n) is 7.92. The Morgan fingerprint density at radius 1 is 0.846 bits per heavy atom. The fourth-order valence-electron chi connectivity index (χ4n) is 1.80. The molecule has 0 saturated heterocycles. The fraction of sp³-hybridized carbons (Fsp3) is 0.300. The molecular weight excluding hydrogens is 464 g/mol. The Labute approximate surface area is 170 Å². The smallest absolute Gasteiger partial charge is 0.338 e. The standard InChI is InChI=1S/C12H15BrO2.C8H7BrO2/c1-12(2,3)15-11(14)10-6-4-9(8-13)5-7-10;9-5-6-1-3-7(4-2-6)8(10)11/h4-7H,8H2,1-3H3;1-4H,5H2,(H,10,11). The summed E-state index contributed by atoms with van der Waals surface area (Å²) >= 11 is 6.62. The molecule has 2 aromatic carbocycles. The molecule has 0 radical (unpaired) electrons. The summed E-state index contributed by atoms with van der Waals surface area (Å²) in [6.07, 6.45) is 0. The zero-order valence-corrected chi connectivity index (χ0v) is 18.1. The quantitative estimate of drug-likeness (QED) is 0.438. The molecule has 4 nitrogen and oxygen atoms in total. The third kappa shape index (κ3) is 8.15. The molecule has 0 aliphatic heterocycles. The number of carboxylic acids is 1. The Morgan fingerprint density at radius 3 is 1.54 bits per heavy atom. The lowest BCUT2D eigenvalue weighted by atomic mass is 10.1.